The van der Waals surface area contributed by atoms with Gasteiger partial charge in [0.05, 0.1) is 0 Å². The van der Waals surface area contributed by atoms with Crippen LogP contribution in [0, 0.1) is 0 Å². The highest BCUT2D eigenvalue weighted by atomic mass is 32.1. The standard InChI is InChI=1S/H3N3S/c1-2-3-4/h(H2,1,3)(H,2,4)/p-1. The lowest BCUT2D eigenvalue weighted by atomic mass is 12.8. The maximum absolute atomic E-state index is 4.38. The molecule has 0 spiro atoms. The molecule has 0 aliphatic rings. The summed E-state index contributed by atoms with van der Waals surface area (Å²) < 4.78 is 2.72. The van der Waals surface area contributed by atoms with Crippen LogP contribution < -0.4 is 5.84 Å². The summed E-state index contributed by atoms with van der Waals surface area (Å²) in [6, 6.07) is 0. The molecule has 0 aliphatic heterocycles. The SMILES string of the molecule is NN=N[S-]. The Labute approximate surface area is 29.4 Å². The molecule has 0 saturated carbocycles. The van der Waals surface area contributed by atoms with Gasteiger partial charge in [-0.05, 0) is 0 Å². The smallest absolute Gasteiger partial charge is 0.105 e. The van der Waals surface area contributed by atoms with Crippen molar-refractivity contribution in [2.45, 2.75) is 0 Å². The fourth-order valence-corrected chi connectivity index (χ4v) is 0. The molecule has 0 aromatic heterocycles. The van der Waals surface area contributed by atoms with Gasteiger partial charge in [0.1, 0.15) is 0 Å². The number of nitrogens with two attached hydrogens (primary N) is 1. The Kier molecular flexibility index (Phi) is 2.37. The second-order valence-corrected chi connectivity index (χ2v) is 0.360. The van der Waals surface area contributed by atoms with Gasteiger partial charge in [-0.2, -0.15) is 0 Å². The van der Waals surface area contributed by atoms with Crippen molar-refractivity contribution >= 4 is 12.8 Å². The first-order valence-electron chi connectivity index (χ1n) is 0.641. The second-order valence-electron chi connectivity index (χ2n) is 0.197. The number of hydrogen-bond acceptors (Lipinski definition) is 3. The summed E-state index contributed by atoms with van der Waals surface area (Å²) in [7, 11) is 0. The zero-order chi connectivity index (χ0) is 3.41. The van der Waals surface area contributed by atoms with Crippen LogP contribution >= 0.6 is 0 Å². The zero-order valence-corrected chi connectivity index (χ0v) is 2.70. The van der Waals surface area contributed by atoms with Crippen molar-refractivity contribution < 1.29 is 0 Å². The van der Waals surface area contributed by atoms with Crippen LogP contribution in [-0.4, -0.2) is 0 Å². The summed E-state index contributed by atoms with van der Waals surface area (Å²) in [6.07, 6.45) is 0. The van der Waals surface area contributed by atoms with E-state index in [1.165, 1.54) is 0 Å². The van der Waals surface area contributed by atoms with Crippen LogP contribution in [0.1, 0.15) is 0 Å². The van der Waals surface area contributed by atoms with E-state index in [1.54, 1.807) is 0 Å². The summed E-state index contributed by atoms with van der Waals surface area (Å²) in [6.45, 7) is 0. The Morgan fingerprint density at radius 2 is 2.00 bits per heavy atom. The molecule has 0 aromatic carbocycles. The third kappa shape index (κ3) is 1.62. The summed E-state index contributed by atoms with van der Waals surface area (Å²) in [5, 5.41) is 2.68. The van der Waals surface area contributed by atoms with Gasteiger partial charge in [-0.25, -0.2) is 0 Å². The van der Waals surface area contributed by atoms with Gasteiger partial charge in [-0.3, -0.25) is 0 Å². The number of rotatable bonds is 0. The van der Waals surface area contributed by atoms with E-state index in [1.807, 2.05) is 0 Å². The van der Waals surface area contributed by atoms with Gasteiger partial charge in [-0.15, -0.1) is 5.22 Å². The molecule has 0 heterocycles. The van der Waals surface area contributed by atoms with Crippen molar-refractivity contribution in [2.24, 2.45) is 15.6 Å². The maximum atomic E-state index is 4.38. The Balaban J connectivity index is 2.55. The molecule has 24 valence electrons. The van der Waals surface area contributed by atoms with Crippen molar-refractivity contribution in [3.8, 4) is 0 Å². The molecule has 2 N–H and O–H groups in total. The number of hydrogen-bond donors (Lipinski definition) is 1. The lowest BCUT2D eigenvalue weighted by Crippen LogP contribution is -1.69. The van der Waals surface area contributed by atoms with Crippen LogP contribution in [0.2, 0.25) is 0 Å². The molecule has 0 amide bonds. The van der Waals surface area contributed by atoms with E-state index in [4.69, 9.17) is 0 Å². The van der Waals surface area contributed by atoms with E-state index in [9.17, 15) is 0 Å². The van der Waals surface area contributed by atoms with E-state index >= 15 is 0 Å². The molecule has 0 rings (SSSR count). The van der Waals surface area contributed by atoms with E-state index in [-0.39, 0.29) is 0 Å². The topological polar surface area (TPSA) is 50.7 Å². The van der Waals surface area contributed by atoms with Crippen LogP contribution in [0.4, 0.5) is 0 Å². The Morgan fingerprint density at radius 1 is 1.75 bits per heavy atom. The van der Waals surface area contributed by atoms with Crippen LogP contribution in [0.5, 0.6) is 0 Å². The highest BCUT2D eigenvalue weighted by molar-refractivity contribution is 7.56. The van der Waals surface area contributed by atoms with Crippen molar-refractivity contribution in [2.75, 3.05) is 0 Å². The van der Waals surface area contributed by atoms with Gasteiger partial charge in [0.25, 0.3) is 0 Å². The third-order valence-corrected chi connectivity index (χ3v) is 0.141. The monoisotopic (exact) mass is 76.0 g/mol. The minimum atomic E-state index is 2.68. The molecule has 4 heteroatoms. The largest absolute Gasteiger partial charge is 0.644 e. The molecule has 0 radical (unpaired) electrons. The summed E-state index contributed by atoms with van der Waals surface area (Å²) in [5.41, 5.74) is 0. The average Bonchev–Trinajstić information content (AvgIpc) is 1.37. The molecule has 0 atom stereocenters. The molecule has 0 unspecified atom stereocenters. The first kappa shape index (κ1) is 3.62. The highest BCUT2D eigenvalue weighted by Crippen LogP contribution is 1.45. The van der Waals surface area contributed by atoms with E-state index in [0.717, 1.165) is 0 Å². The van der Waals surface area contributed by atoms with Gasteiger partial charge in [0, 0.05) is 0 Å². The quantitative estimate of drug-likeness (QED) is 0.187. The van der Waals surface area contributed by atoms with E-state index in [2.05, 4.69) is 28.4 Å². The first-order valence-corrected chi connectivity index (χ1v) is 1.01. The molecular formula is H2N3S-. The molecule has 0 aromatic rings. The van der Waals surface area contributed by atoms with Crippen molar-refractivity contribution in [3.05, 3.63) is 0 Å². The lowest BCUT2D eigenvalue weighted by Gasteiger charge is -1.74. The molecule has 0 bridgehead atoms. The van der Waals surface area contributed by atoms with Crippen LogP contribution in [-0.2, 0) is 12.8 Å². The molecule has 4 heavy (non-hydrogen) atoms. The molecule has 3 nitrogen and oxygen atoms in total. The summed E-state index contributed by atoms with van der Waals surface area (Å²) in [4.78, 5) is 0. The Morgan fingerprint density at radius 3 is 2.00 bits per heavy atom. The van der Waals surface area contributed by atoms with Gasteiger partial charge in [-0.1, -0.05) is 0 Å². The fraction of sp³-hybridized carbons (Fsp3) is 0. The predicted octanol–water partition coefficient (Wildman–Crippen LogP) is -0.226. The normalized spacial score (nSPS) is 9.00. The van der Waals surface area contributed by atoms with Gasteiger partial charge < -0.3 is 23.2 Å². The van der Waals surface area contributed by atoms with E-state index in [0.29, 0.717) is 0 Å². The van der Waals surface area contributed by atoms with E-state index < -0.39 is 0 Å². The van der Waals surface area contributed by atoms with Crippen molar-refractivity contribution in [3.63, 3.8) is 0 Å². The minimum absolute atomic E-state index is 2.68. The predicted molar refractivity (Wildman–Crippen MR) is 16.4 cm³/mol. The second kappa shape index (κ2) is 2.62. The molecule has 0 saturated heterocycles. The fourth-order valence-electron chi connectivity index (χ4n) is 0. The summed E-state index contributed by atoms with van der Waals surface area (Å²) in [5.74, 6) is 4.38. The van der Waals surface area contributed by atoms with Gasteiger partial charge >= 0.3 is 0 Å². The minimum Gasteiger partial charge on any atom is -0.644 e. The van der Waals surface area contributed by atoms with Crippen LogP contribution in [0.15, 0.2) is 9.74 Å². The van der Waals surface area contributed by atoms with Gasteiger partial charge in [0.2, 0.25) is 0 Å². The Hall–Kier alpha value is -0.380. The average molecular weight is 76.1 g/mol. The van der Waals surface area contributed by atoms with Crippen molar-refractivity contribution in [1.82, 2.24) is 0 Å². The maximum Gasteiger partial charge on any atom is -0.105 e. The van der Waals surface area contributed by atoms with Gasteiger partial charge in [0.15, 0.2) is 0 Å². The first-order chi connectivity index (χ1) is 1.91. The van der Waals surface area contributed by atoms with Crippen LogP contribution in [0.3, 0.4) is 0 Å². The molecular weight excluding hydrogens is 74.1 g/mol. The third-order valence-electron chi connectivity index (χ3n) is 0.0471. The highest BCUT2D eigenvalue weighted by Gasteiger charge is 1.15. The summed E-state index contributed by atoms with van der Waals surface area (Å²) >= 11 is 3.89. The zero-order valence-electron chi connectivity index (χ0n) is 1.88. The Bertz CT molecular complexity index is 18.5. The number of nitrogens with zero attached hydrogens (tertiary/aromatic N) is 2. The molecule has 0 fully saturated rings. The van der Waals surface area contributed by atoms with Crippen LogP contribution in [0.25, 0.3) is 0 Å². The lowest BCUT2D eigenvalue weighted by molar-refractivity contribution is 1.12. The molecule has 0 aliphatic carbocycles. The van der Waals surface area contributed by atoms with Crippen molar-refractivity contribution in [1.29, 1.82) is 0 Å².